The van der Waals surface area contributed by atoms with Crippen LogP contribution in [-0.4, -0.2) is 60.5 Å². The van der Waals surface area contributed by atoms with Gasteiger partial charge < -0.3 is 14.5 Å². The fourth-order valence-corrected chi connectivity index (χ4v) is 3.68. The van der Waals surface area contributed by atoms with E-state index in [1.54, 1.807) is 0 Å². The van der Waals surface area contributed by atoms with Gasteiger partial charge in [0.2, 0.25) is 11.8 Å². The van der Waals surface area contributed by atoms with Crippen molar-refractivity contribution < 1.29 is 14.3 Å². The zero-order chi connectivity index (χ0) is 18.4. The van der Waals surface area contributed by atoms with E-state index in [1.165, 1.54) is 0 Å². The Hall–Kier alpha value is -1.59. The number of benzene rings is 1. The molecule has 0 N–H and O–H groups in total. The Morgan fingerprint density at radius 3 is 2.27 bits per heavy atom. The lowest BCUT2D eigenvalue weighted by molar-refractivity contribution is -0.141. The van der Waals surface area contributed by atoms with Crippen molar-refractivity contribution in [2.24, 2.45) is 0 Å². The van der Waals surface area contributed by atoms with Gasteiger partial charge in [-0.3, -0.25) is 9.59 Å². The van der Waals surface area contributed by atoms with Gasteiger partial charge in [-0.05, 0) is 43.4 Å². The van der Waals surface area contributed by atoms with E-state index in [2.05, 4.69) is 0 Å². The van der Waals surface area contributed by atoms with Crippen LogP contribution in [0.4, 0.5) is 0 Å². The summed E-state index contributed by atoms with van der Waals surface area (Å²) in [6.45, 7) is 3.26. The molecule has 2 saturated heterocycles. The maximum atomic E-state index is 12.4. The van der Waals surface area contributed by atoms with E-state index in [4.69, 9.17) is 16.3 Å². The summed E-state index contributed by atoms with van der Waals surface area (Å²) in [7, 11) is 0. The van der Waals surface area contributed by atoms with Gasteiger partial charge in [-0.15, -0.1) is 0 Å². The number of hydrogen-bond acceptors (Lipinski definition) is 3. The largest absolute Gasteiger partial charge is 0.378 e. The van der Waals surface area contributed by atoms with Crippen molar-refractivity contribution in [1.29, 1.82) is 0 Å². The molecular formula is C20H27ClN2O3. The van der Waals surface area contributed by atoms with Crippen LogP contribution in [0.25, 0.3) is 0 Å². The molecule has 2 aliphatic heterocycles. The number of carbonyl (C=O) groups excluding carboxylic acids is 2. The summed E-state index contributed by atoms with van der Waals surface area (Å²) in [4.78, 5) is 28.6. The molecule has 26 heavy (non-hydrogen) atoms. The topological polar surface area (TPSA) is 49.9 Å². The molecule has 1 unspecified atom stereocenters. The third-order valence-corrected chi connectivity index (χ3v) is 5.45. The van der Waals surface area contributed by atoms with E-state index in [0.717, 1.165) is 31.4 Å². The predicted molar refractivity (Wildman–Crippen MR) is 101 cm³/mol. The first-order chi connectivity index (χ1) is 12.6. The van der Waals surface area contributed by atoms with E-state index in [0.29, 0.717) is 50.5 Å². The van der Waals surface area contributed by atoms with Crippen LogP contribution in [0.5, 0.6) is 0 Å². The molecule has 0 spiro atoms. The van der Waals surface area contributed by atoms with Gasteiger partial charge in [-0.25, -0.2) is 0 Å². The molecule has 1 aromatic carbocycles. The highest BCUT2D eigenvalue weighted by Gasteiger charge is 2.26. The molecule has 2 amide bonds. The van der Waals surface area contributed by atoms with E-state index < -0.39 is 0 Å². The molecule has 0 saturated carbocycles. The minimum Gasteiger partial charge on any atom is -0.378 e. The van der Waals surface area contributed by atoms with Crippen molar-refractivity contribution in [3.8, 4) is 0 Å². The van der Waals surface area contributed by atoms with Gasteiger partial charge >= 0.3 is 0 Å². The summed E-state index contributed by atoms with van der Waals surface area (Å²) in [5.74, 6) is 0.313. The lowest BCUT2D eigenvalue weighted by atomic mass is 10.1. The first kappa shape index (κ1) is 19.2. The first-order valence-electron chi connectivity index (χ1n) is 9.53. The molecule has 0 radical (unpaired) electrons. The van der Waals surface area contributed by atoms with Crippen LogP contribution < -0.4 is 0 Å². The molecule has 0 aromatic heterocycles. The minimum absolute atomic E-state index is 0.0790. The molecule has 5 nitrogen and oxygen atoms in total. The number of rotatable bonds is 5. The van der Waals surface area contributed by atoms with E-state index in [9.17, 15) is 9.59 Å². The fraction of sp³-hybridized carbons (Fsp3) is 0.600. The number of halogens is 1. The van der Waals surface area contributed by atoms with Crippen molar-refractivity contribution in [3.05, 3.63) is 34.9 Å². The number of aryl methyl sites for hydroxylation is 1. The average Bonchev–Trinajstić information content (AvgIpc) is 2.68. The minimum atomic E-state index is 0.0790. The molecule has 3 rings (SSSR count). The molecule has 6 heteroatoms. The first-order valence-corrected chi connectivity index (χ1v) is 9.91. The van der Waals surface area contributed by atoms with Gasteiger partial charge in [-0.1, -0.05) is 23.7 Å². The number of hydrogen-bond donors (Lipinski definition) is 0. The van der Waals surface area contributed by atoms with Crippen LogP contribution >= 0.6 is 11.6 Å². The summed E-state index contributed by atoms with van der Waals surface area (Å²) in [5.41, 5.74) is 1.11. The van der Waals surface area contributed by atoms with Crippen molar-refractivity contribution in [3.63, 3.8) is 0 Å². The van der Waals surface area contributed by atoms with E-state index >= 15 is 0 Å². The Kier molecular flexibility index (Phi) is 6.92. The highest BCUT2D eigenvalue weighted by molar-refractivity contribution is 6.30. The van der Waals surface area contributed by atoms with Crippen molar-refractivity contribution >= 4 is 23.4 Å². The zero-order valence-electron chi connectivity index (χ0n) is 15.2. The second-order valence-corrected chi connectivity index (χ2v) is 7.52. The number of amides is 2. The lowest BCUT2D eigenvalue weighted by Gasteiger charge is -2.35. The Labute approximate surface area is 160 Å². The van der Waals surface area contributed by atoms with Crippen molar-refractivity contribution in [1.82, 2.24) is 9.80 Å². The monoisotopic (exact) mass is 378 g/mol. The summed E-state index contributed by atoms with van der Waals surface area (Å²) >= 11 is 5.88. The van der Waals surface area contributed by atoms with Gasteiger partial charge in [0, 0.05) is 44.2 Å². The van der Waals surface area contributed by atoms with Gasteiger partial charge in [-0.2, -0.15) is 0 Å². The molecule has 2 aliphatic rings. The summed E-state index contributed by atoms with van der Waals surface area (Å²) in [6, 6.07) is 7.61. The standard InChI is InChI=1S/C20H27ClN2O3/c21-17-7-4-16(5-8-17)6-9-19(24)22-10-12-23(13-11-22)20(25)15-18-3-1-2-14-26-18/h4-5,7-8,18H,1-3,6,9-15H2. The van der Waals surface area contributed by atoms with Crippen LogP contribution in [0.1, 0.15) is 37.7 Å². The Bertz CT molecular complexity index is 606. The van der Waals surface area contributed by atoms with Crippen LogP contribution in [0.2, 0.25) is 5.02 Å². The normalized spacial score (nSPS) is 20.9. The van der Waals surface area contributed by atoms with Crippen LogP contribution in [0.3, 0.4) is 0 Å². The third kappa shape index (κ3) is 5.45. The van der Waals surface area contributed by atoms with Gasteiger partial charge in [0.15, 0.2) is 0 Å². The molecule has 0 bridgehead atoms. The second-order valence-electron chi connectivity index (χ2n) is 7.08. The number of ether oxygens (including phenoxy) is 1. The van der Waals surface area contributed by atoms with Crippen molar-refractivity contribution in [2.75, 3.05) is 32.8 Å². The zero-order valence-corrected chi connectivity index (χ0v) is 15.9. The van der Waals surface area contributed by atoms with E-state index in [1.807, 2.05) is 34.1 Å². The maximum Gasteiger partial charge on any atom is 0.225 e. The van der Waals surface area contributed by atoms with Crippen LogP contribution in [0.15, 0.2) is 24.3 Å². The highest BCUT2D eigenvalue weighted by atomic mass is 35.5. The van der Waals surface area contributed by atoms with Gasteiger partial charge in [0.25, 0.3) is 0 Å². The lowest BCUT2D eigenvalue weighted by Crippen LogP contribution is -2.51. The fourth-order valence-electron chi connectivity index (χ4n) is 3.56. The summed E-state index contributed by atoms with van der Waals surface area (Å²) in [6.07, 6.45) is 4.99. The Morgan fingerprint density at radius 2 is 1.65 bits per heavy atom. The SMILES string of the molecule is O=C(CCc1ccc(Cl)cc1)N1CCN(C(=O)CC2CCCCO2)CC1. The second kappa shape index (κ2) is 9.38. The van der Waals surface area contributed by atoms with E-state index in [-0.39, 0.29) is 17.9 Å². The predicted octanol–water partition coefficient (Wildman–Crippen LogP) is 2.90. The average molecular weight is 379 g/mol. The van der Waals surface area contributed by atoms with Crippen molar-refractivity contribution in [2.45, 2.75) is 44.6 Å². The summed E-state index contributed by atoms with van der Waals surface area (Å²) < 4.78 is 5.66. The Morgan fingerprint density at radius 1 is 1.00 bits per heavy atom. The molecule has 0 aliphatic carbocycles. The molecule has 2 fully saturated rings. The van der Waals surface area contributed by atoms with Gasteiger partial charge in [0.05, 0.1) is 12.5 Å². The quantitative estimate of drug-likeness (QED) is 0.791. The van der Waals surface area contributed by atoms with Crippen LogP contribution in [0, 0.1) is 0 Å². The van der Waals surface area contributed by atoms with Gasteiger partial charge in [0.1, 0.15) is 0 Å². The smallest absolute Gasteiger partial charge is 0.225 e. The molecule has 2 heterocycles. The Balaban J connectivity index is 1.39. The highest BCUT2D eigenvalue weighted by Crippen LogP contribution is 2.17. The molecule has 1 aromatic rings. The summed E-state index contributed by atoms with van der Waals surface area (Å²) in [5, 5.41) is 0.708. The molecule has 142 valence electrons. The third-order valence-electron chi connectivity index (χ3n) is 5.20. The number of nitrogens with zero attached hydrogens (tertiary/aromatic N) is 2. The maximum absolute atomic E-state index is 12.4. The number of piperazine rings is 1. The van der Waals surface area contributed by atoms with Crippen LogP contribution in [-0.2, 0) is 20.7 Å². The molecule has 1 atom stereocenters. The molecular weight excluding hydrogens is 352 g/mol. The number of carbonyl (C=O) groups is 2.